The highest BCUT2D eigenvalue weighted by molar-refractivity contribution is 6.12. The van der Waals surface area contributed by atoms with Gasteiger partial charge < -0.3 is 26.2 Å². The summed E-state index contributed by atoms with van der Waals surface area (Å²) in [6.07, 6.45) is 6.65. The van der Waals surface area contributed by atoms with Gasteiger partial charge in [0, 0.05) is 44.2 Å². The van der Waals surface area contributed by atoms with Crippen LogP contribution >= 0.6 is 0 Å². The molecule has 2 atom stereocenters. The second kappa shape index (κ2) is 8.66. The molecule has 2 unspecified atom stereocenters. The van der Waals surface area contributed by atoms with E-state index in [1.54, 1.807) is 0 Å². The predicted molar refractivity (Wildman–Crippen MR) is 126 cm³/mol. The molecule has 3 aromatic rings. The number of hydrogen-bond donors (Lipinski definition) is 3. The van der Waals surface area contributed by atoms with Crippen LogP contribution in [0.5, 0.6) is 0 Å². The number of anilines is 3. The van der Waals surface area contributed by atoms with E-state index in [4.69, 9.17) is 5.73 Å². The number of rotatable bonds is 4. The molecule has 5 heterocycles. The van der Waals surface area contributed by atoms with E-state index in [9.17, 15) is 18.4 Å². The number of carbonyl (C=O) groups excluding carboxylic acids is 2. The highest BCUT2D eigenvalue weighted by atomic mass is 19.1. The number of pyridine rings is 1. The molecule has 1 saturated carbocycles. The summed E-state index contributed by atoms with van der Waals surface area (Å²) in [7, 11) is 0. The van der Waals surface area contributed by atoms with Crippen molar-refractivity contribution in [1.29, 1.82) is 0 Å². The molecule has 3 aliphatic rings. The quantitative estimate of drug-likeness (QED) is 0.487. The molecule has 6 rings (SSSR count). The zero-order valence-electron chi connectivity index (χ0n) is 19.3. The number of hydrogen-bond acceptors (Lipinski definition) is 8. The largest absolute Gasteiger partial charge is 0.381 e. The van der Waals surface area contributed by atoms with Crippen molar-refractivity contribution in [2.75, 3.05) is 42.1 Å². The van der Waals surface area contributed by atoms with Crippen LogP contribution in [0.25, 0.3) is 5.65 Å². The Morgan fingerprint density at radius 1 is 1.14 bits per heavy atom. The monoisotopic (exact) mass is 497 g/mol. The first-order chi connectivity index (χ1) is 17.4. The van der Waals surface area contributed by atoms with Crippen molar-refractivity contribution in [3.05, 3.63) is 42.0 Å². The summed E-state index contributed by atoms with van der Waals surface area (Å²) in [6.45, 7) is 2.46. The van der Waals surface area contributed by atoms with Crippen LogP contribution in [0.4, 0.5) is 26.0 Å². The van der Waals surface area contributed by atoms with E-state index in [0.29, 0.717) is 38.0 Å². The number of nitrogens with zero attached hydrogens (tertiary/aromatic N) is 6. The third kappa shape index (κ3) is 3.88. The first-order valence-electron chi connectivity index (χ1n) is 11.9. The van der Waals surface area contributed by atoms with Gasteiger partial charge in [0.2, 0.25) is 5.91 Å². The average Bonchev–Trinajstić information content (AvgIpc) is 3.58. The van der Waals surface area contributed by atoms with Crippen molar-refractivity contribution in [2.45, 2.75) is 31.3 Å². The summed E-state index contributed by atoms with van der Waals surface area (Å²) in [5, 5.41) is 10.0. The van der Waals surface area contributed by atoms with E-state index in [1.807, 2.05) is 9.80 Å². The van der Waals surface area contributed by atoms with Gasteiger partial charge in [-0.15, -0.1) is 5.10 Å². The molecule has 0 radical (unpaired) electrons. The minimum atomic E-state index is -0.669. The second-order valence-electron chi connectivity index (χ2n) is 9.43. The molecule has 3 fully saturated rings. The van der Waals surface area contributed by atoms with E-state index in [2.05, 4.69) is 25.7 Å². The normalized spacial score (nSPS) is 21.9. The molecule has 188 valence electrons. The zero-order chi connectivity index (χ0) is 25.0. The minimum Gasteiger partial charge on any atom is -0.381 e. The van der Waals surface area contributed by atoms with Crippen LogP contribution in [0.2, 0.25) is 0 Å². The molecule has 1 aliphatic carbocycles. The van der Waals surface area contributed by atoms with E-state index >= 15 is 0 Å². The number of aromatic nitrogens is 4. The van der Waals surface area contributed by atoms with Crippen LogP contribution in [-0.4, -0.2) is 74.6 Å². The van der Waals surface area contributed by atoms with E-state index in [0.717, 1.165) is 42.6 Å². The van der Waals surface area contributed by atoms with Crippen molar-refractivity contribution < 1.29 is 18.4 Å². The number of piperazine rings is 1. The molecular formula is C23H25F2N9O2. The topological polar surface area (TPSA) is 134 Å². The zero-order valence-corrected chi connectivity index (χ0v) is 19.3. The molecule has 4 N–H and O–H groups in total. The Balaban J connectivity index is 1.19. The molecule has 0 spiro atoms. The van der Waals surface area contributed by atoms with Gasteiger partial charge in [-0.1, -0.05) is 0 Å². The lowest BCUT2D eigenvalue weighted by Gasteiger charge is -2.37. The van der Waals surface area contributed by atoms with Gasteiger partial charge in [0.05, 0.1) is 30.5 Å². The molecule has 11 nitrogen and oxygen atoms in total. The number of piperidine rings is 1. The Labute approximate surface area is 204 Å². The summed E-state index contributed by atoms with van der Waals surface area (Å²) in [6, 6.07) is 0.735. The lowest BCUT2D eigenvalue weighted by atomic mass is 9.94. The third-order valence-corrected chi connectivity index (χ3v) is 7.18. The van der Waals surface area contributed by atoms with E-state index in [-0.39, 0.29) is 40.2 Å². The third-order valence-electron chi connectivity index (χ3n) is 7.18. The summed E-state index contributed by atoms with van der Waals surface area (Å²) in [5.41, 5.74) is 6.27. The van der Waals surface area contributed by atoms with Gasteiger partial charge in [0.15, 0.2) is 23.1 Å². The Morgan fingerprint density at radius 3 is 2.75 bits per heavy atom. The molecule has 2 amide bonds. The standard InChI is InChI=1S/C23H25F2N9O2/c24-13-8-29-21-18(20(26)31-34(21)11-13)22(35)30-16-10-27-9-14(25)19(16)32-4-1-12(2-5-32)23(36)33-6-3-28-15-7-17(15)33/h8-12,15,17,28H,1-7H2,(H2,26,31)(H,30,35). The van der Waals surface area contributed by atoms with Crippen molar-refractivity contribution in [3.8, 4) is 0 Å². The van der Waals surface area contributed by atoms with Gasteiger partial charge >= 0.3 is 0 Å². The summed E-state index contributed by atoms with van der Waals surface area (Å²) < 4.78 is 29.5. The lowest BCUT2D eigenvalue weighted by Crippen LogP contribution is -2.50. The Hall–Kier alpha value is -3.87. The van der Waals surface area contributed by atoms with Gasteiger partial charge in [-0.05, 0) is 19.3 Å². The van der Waals surface area contributed by atoms with Crippen LogP contribution in [0.1, 0.15) is 29.6 Å². The number of halogens is 2. The molecule has 2 aliphatic heterocycles. The fraction of sp³-hybridized carbons (Fsp3) is 0.435. The number of fused-ring (bicyclic) bond motifs is 2. The van der Waals surface area contributed by atoms with Gasteiger partial charge in [-0.2, -0.15) is 0 Å². The number of nitrogen functional groups attached to an aromatic ring is 1. The fourth-order valence-electron chi connectivity index (χ4n) is 5.31. The van der Waals surface area contributed by atoms with Crippen molar-refractivity contribution in [2.24, 2.45) is 5.92 Å². The first-order valence-corrected chi connectivity index (χ1v) is 11.9. The van der Waals surface area contributed by atoms with Crippen LogP contribution in [0.3, 0.4) is 0 Å². The lowest BCUT2D eigenvalue weighted by molar-refractivity contribution is -0.137. The Morgan fingerprint density at radius 2 is 1.94 bits per heavy atom. The summed E-state index contributed by atoms with van der Waals surface area (Å²) in [5.74, 6) is -1.95. The van der Waals surface area contributed by atoms with Gasteiger partial charge in [0.1, 0.15) is 11.3 Å². The number of amides is 2. The highest BCUT2D eigenvalue weighted by Crippen LogP contribution is 2.36. The minimum absolute atomic E-state index is 0.0519. The molecular weight excluding hydrogens is 472 g/mol. The Bertz CT molecular complexity index is 1350. The molecule has 2 saturated heterocycles. The highest BCUT2D eigenvalue weighted by Gasteiger charge is 2.47. The first kappa shape index (κ1) is 22.6. The number of carbonyl (C=O) groups is 2. The maximum Gasteiger partial charge on any atom is 0.263 e. The van der Waals surface area contributed by atoms with Crippen LogP contribution < -0.4 is 21.3 Å². The van der Waals surface area contributed by atoms with Crippen molar-refractivity contribution in [3.63, 3.8) is 0 Å². The Kier molecular flexibility index (Phi) is 5.43. The number of nitrogens with two attached hydrogens (primary N) is 1. The number of nitrogens with one attached hydrogen (secondary N) is 2. The van der Waals surface area contributed by atoms with Gasteiger partial charge in [-0.3, -0.25) is 14.6 Å². The predicted octanol–water partition coefficient (Wildman–Crippen LogP) is 1.03. The van der Waals surface area contributed by atoms with E-state index in [1.165, 1.54) is 6.20 Å². The fourth-order valence-corrected chi connectivity index (χ4v) is 5.31. The molecule has 0 aromatic carbocycles. The molecule has 0 bridgehead atoms. The smallest absolute Gasteiger partial charge is 0.263 e. The summed E-state index contributed by atoms with van der Waals surface area (Å²) >= 11 is 0. The van der Waals surface area contributed by atoms with Crippen LogP contribution in [0.15, 0.2) is 24.8 Å². The molecule has 13 heteroatoms. The second-order valence-corrected chi connectivity index (χ2v) is 9.43. The SMILES string of the molecule is Nc1nn2cc(F)cnc2c1C(=O)Nc1cncc(F)c1N1CCC(C(=O)N2CCNC3CC32)CC1. The summed E-state index contributed by atoms with van der Waals surface area (Å²) in [4.78, 5) is 37.8. The van der Waals surface area contributed by atoms with E-state index < -0.39 is 17.5 Å². The molecule has 3 aromatic heterocycles. The maximum atomic E-state index is 15.0. The van der Waals surface area contributed by atoms with Gasteiger partial charge in [-0.25, -0.2) is 18.3 Å². The molecule has 36 heavy (non-hydrogen) atoms. The average molecular weight is 498 g/mol. The van der Waals surface area contributed by atoms with Crippen LogP contribution in [0, 0.1) is 17.6 Å². The van der Waals surface area contributed by atoms with Gasteiger partial charge in [0.25, 0.3) is 5.91 Å². The van der Waals surface area contributed by atoms with Crippen LogP contribution in [-0.2, 0) is 4.79 Å². The van der Waals surface area contributed by atoms with Crippen molar-refractivity contribution >= 4 is 34.7 Å². The van der Waals surface area contributed by atoms with Crippen molar-refractivity contribution in [1.82, 2.24) is 29.8 Å². The maximum absolute atomic E-state index is 15.0.